The third-order valence-corrected chi connectivity index (χ3v) is 4.91. The molecule has 1 heterocycles. The number of ether oxygens (including phenoxy) is 1. The Morgan fingerprint density at radius 2 is 1.97 bits per heavy atom. The van der Waals surface area contributed by atoms with Gasteiger partial charge in [0.2, 0.25) is 0 Å². The van der Waals surface area contributed by atoms with Crippen molar-refractivity contribution in [3.05, 3.63) is 76.3 Å². The van der Waals surface area contributed by atoms with Crippen molar-refractivity contribution in [1.29, 1.82) is 0 Å². The molecule has 1 aromatic heterocycles. The fraction of sp³-hybridized carbons (Fsp3) is 0.190. The van der Waals surface area contributed by atoms with Crippen molar-refractivity contribution in [2.75, 3.05) is 12.4 Å². The fourth-order valence-corrected chi connectivity index (χ4v) is 3.50. The van der Waals surface area contributed by atoms with Crippen LogP contribution < -0.4 is 14.8 Å². The Morgan fingerprint density at radius 3 is 2.69 bits per heavy atom. The lowest BCUT2D eigenvalue weighted by Gasteiger charge is -2.16. The minimum atomic E-state index is -1.05. The second-order valence-electron chi connectivity index (χ2n) is 6.66. The summed E-state index contributed by atoms with van der Waals surface area (Å²) in [5, 5.41) is 15.2. The van der Waals surface area contributed by atoms with Gasteiger partial charge in [-0.05, 0) is 48.7 Å². The van der Waals surface area contributed by atoms with E-state index in [0.717, 1.165) is 41.5 Å². The van der Waals surface area contributed by atoms with Crippen LogP contribution in [0.3, 0.4) is 0 Å². The van der Waals surface area contributed by atoms with E-state index in [2.05, 4.69) is 10.3 Å². The van der Waals surface area contributed by atoms with Gasteiger partial charge in [0, 0.05) is 12.0 Å². The van der Waals surface area contributed by atoms with Crippen LogP contribution in [-0.4, -0.2) is 18.0 Å². The molecule has 1 N–H and O–H groups in total. The van der Waals surface area contributed by atoms with Gasteiger partial charge in [0.25, 0.3) is 0 Å². The average Bonchev–Trinajstić information content (AvgIpc) is 2.89. The number of hydrogen-bond acceptors (Lipinski definition) is 4. The van der Waals surface area contributed by atoms with Crippen LogP contribution in [0, 0.1) is 16.8 Å². The number of benzene rings is 2. The summed E-state index contributed by atoms with van der Waals surface area (Å²) >= 11 is 0. The number of methoxy groups -OCH3 is 1. The zero-order valence-electron chi connectivity index (χ0n) is 15.5. The number of aromatic nitrogens is 2. The second-order valence-corrected chi connectivity index (χ2v) is 6.66. The highest BCUT2D eigenvalue weighted by molar-refractivity contribution is 6.03. The first-order valence-electron chi connectivity index (χ1n) is 9.03. The number of rotatable bonds is 3. The van der Waals surface area contributed by atoms with Gasteiger partial charge in [-0.2, -0.15) is 0 Å². The molecule has 1 amide bonds. The second kappa shape index (κ2) is 7.46. The predicted octanol–water partition coefficient (Wildman–Crippen LogP) is 3.41. The number of hydrogen-bond donors (Lipinski definition) is 1. The predicted molar refractivity (Wildman–Crippen MR) is 102 cm³/mol. The van der Waals surface area contributed by atoms with Crippen LogP contribution in [-0.2, 0) is 12.8 Å². The number of nitrogens with one attached hydrogen (secondary N) is 1. The molecule has 0 spiro atoms. The van der Waals surface area contributed by atoms with E-state index in [1.807, 2.05) is 12.1 Å². The van der Waals surface area contributed by atoms with Gasteiger partial charge in [0.05, 0.1) is 7.11 Å². The van der Waals surface area contributed by atoms with Crippen molar-refractivity contribution in [1.82, 2.24) is 4.98 Å². The van der Waals surface area contributed by atoms with Crippen molar-refractivity contribution in [3.63, 3.8) is 0 Å². The molecule has 0 saturated heterocycles. The van der Waals surface area contributed by atoms with Crippen molar-refractivity contribution in [2.45, 2.75) is 19.3 Å². The van der Waals surface area contributed by atoms with E-state index in [1.165, 1.54) is 6.20 Å². The third kappa shape index (κ3) is 3.37. The molecular weight excluding hydrogens is 380 g/mol. The number of anilines is 1. The first kappa shape index (κ1) is 18.8. The standard InChI is InChI=1S/C21H17F2N3O3/c1-29-13-8-9-14-12(10-13)4-2-7-17-20(14)24-11-18(26(17)28)25-21(27)19-15(22)5-3-6-16(19)23/h3,5-6,8-11H,2,4,7H2,1H3,(H,25,27). The molecule has 0 unspecified atom stereocenters. The third-order valence-electron chi connectivity index (χ3n) is 4.91. The summed E-state index contributed by atoms with van der Waals surface area (Å²) in [4.78, 5) is 16.7. The summed E-state index contributed by atoms with van der Waals surface area (Å²) in [6.45, 7) is 0. The van der Waals surface area contributed by atoms with Crippen LogP contribution in [0.25, 0.3) is 11.3 Å². The van der Waals surface area contributed by atoms with Crippen LogP contribution in [0.1, 0.15) is 28.0 Å². The Morgan fingerprint density at radius 1 is 1.21 bits per heavy atom. The number of carbonyl (C=O) groups excluding carboxylic acids is 1. The van der Waals surface area contributed by atoms with Crippen LogP contribution in [0.5, 0.6) is 5.75 Å². The van der Waals surface area contributed by atoms with Crippen LogP contribution in [0.15, 0.2) is 42.6 Å². The molecule has 0 atom stereocenters. The van der Waals surface area contributed by atoms with Crippen LogP contribution in [0.2, 0.25) is 0 Å². The van der Waals surface area contributed by atoms with E-state index in [-0.39, 0.29) is 5.82 Å². The van der Waals surface area contributed by atoms with Gasteiger partial charge in [0.1, 0.15) is 40.5 Å². The molecule has 0 fully saturated rings. The van der Waals surface area contributed by atoms with Gasteiger partial charge in [0.15, 0.2) is 0 Å². The SMILES string of the molecule is COc1ccc2c(c1)CCCc1c-2ncc(NC(=O)c2c(F)cccc2F)[n+]1[O-]. The van der Waals surface area contributed by atoms with E-state index < -0.39 is 23.1 Å². The summed E-state index contributed by atoms with van der Waals surface area (Å²) in [7, 11) is 1.59. The lowest BCUT2D eigenvalue weighted by Crippen LogP contribution is -2.38. The van der Waals surface area contributed by atoms with E-state index in [9.17, 15) is 18.8 Å². The average molecular weight is 397 g/mol. The quantitative estimate of drug-likeness (QED) is 0.543. The monoisotopic (exact) mass is 397 g/mol. The summed E-state index contributed by atoms with van der Waals surface area (Å²) in [6.07, 6.45) is 3.09. The van der Waals surface area contributed by atoms with Gasteiger partial charge < -0.3 is 9.94 Å². The highest BCUT2D eigenvalue weighted by Gasteiger charge is 2.26. The lowest BCUT2D eigenvalue weighted by atomic mass is 10.0. The largest absolute Gasteiger partial charge is 0.710 e. The maximum atomic E-state index is 13.8. The van der Waals surface area contributed by atoms with Gasteiger partial charge in [-0.25, -0.2) is 28.6 Å². The number of nitrogens with zero attached hydrogens (tertiary/aromatic N) is 2. The van der Waals surface area contributed by atoms with Crippen molar-refractivity contribution < 1.29 is 23.0 Å². The van der Waals surface area contributed by atoms with Crippen LogP contribution >= 0.6 is 0 Å². The van der Waals surface area contributed by atoms with Gasteiger partial charge in [-0.1, -0.05) is 6.07 Å². The number of carbonyl (C=O) groups is 1. The van der Waals surface area contributed by atoms with E-state index in [1.54, 1.807) is 13.2 Å². The first-order chi connectivity index (χ1) is 14.0. The fourth-order valence-electron chi connectivity index (χ4n) is 3.50. The maximum Gasteiger partial charge on any atom is 0.345 e. The lowest BCUT2D eigenvalue weighted by molar-refractivity contribution is -0.598. The molecule has 2 aromatic carbocycles. The molecule has 8 heteroatoms. The number of fused-ring (bicyclic) bond motifs is 3. The molecule has 1 aliphatic rings. The molecule has 3 aromatic rings. The van der Waals surface area contributed by atoms with Gasteiger partial charge >= 0.3 is 11.7 Å². The number of halogens is 2. The molecule has 4 rings (SSSR count). The summed E-state index contributed by atoms with van der Waals surface area (Å²) in [5.74, 6) is -2.53. The topological polar surface area (TPSA) is 78.2 Å². The molecule has 0 aliphatic heterocycles. The highest BCUT2D eigenvalue weighted by atomic mass is 19.1. The van der Waals surface area contributed by atoms with Crippen molar-refractivity contribution >= 4 is 11.7 Å². The smallest absolute Gasteiger partial charge is 0.345 e. The molecular formula is C21H17F2N3O3. The van der Waals surface area contributed by atoms with E-state index in [4.69, 9.17) is 4.74 Å². The Labute approximate surface area is 165 Å². The van der Waals surface area contributed by atoms with Crippen LogP contribution in [0.4, 0.5) is 14.6 Å². The zero-order chi connectivity index (χ0) is 20.5. The molecule has 1 aliphatic carbocycles. The first-order valence-corrected chi connectivity index (χ1v) is 9.03. The molecule has 0 radical (unpaired) electrons. The van der Waals surface area contributed by atoms with E-state index in [0.29, 0.717) is 29.0 Å². The maximum absolute atomic E-state index is 13.8. The minimum absolute atomic E-state index is 0.187. The summed E-state index contributed by atoms with van der Waals surface area (Å²) in [5.41, 5.74) is 1.99. The van der Waals surface area contributed by atoms with Crippen molar-refractivity contribution in [3.8, 4) is 17.0 Å². The Kier molecular flexibility index (Phi) is 4.84. The Hall–Kier alpha value is -3.55. The molecule has 6 nitrogen and oxygen atoms in total. The Bertz CT molecular complexity index is 1100. The van der Waals surface area contributed by atoms with Crippen molar-refractivity contribution in [2.24, 2.45) is 0 Å². The molecule has 148 valence electrons. The summed E-state index contributed by atoms with van der Waals surface area (Å²) < 4.78 is 33.5. The van der Waals surface area contributed by atoms with Gasteiger partial charge in [-0.3, -0.25) is 0 Å². The normalized spacial score (nSPS) is 12.5. The molecule has 29 heavy (non-hydrogen) atoms. The zero-order valence-corrected chi connectivity index (χ0v) is 15.5. The number of aryl methyl sites for hydroxylation is 1. The Balaban J connectivity index is 1.72. The molecule has 0 saturated carbocycles. The highest BCUT2D eigenvalue weighted by Crippen LogP contribution is 2.32. The van der Waals surface area contributed by atoms with Gasteiger partial charge in [-0.15, -0.1) is 0 Å². The summed E-state index contributed by atoms with van der Waals surface area (Å²) in [6, 6.07) is 8.66. The van der Waals surface area contributed by atoms with E-state index >= 15 is 0 Å². The molecule has 0 bridgehead atoms. The minimum Gasteiger partial charge on any atom is -0.710 e. The number of amides is 1.